The molecule has 0 fully saturated rings. The summed E-state index contributed by atoms with van der Waals surface area (Å²) in [6, 6.07) is 5.72. The molecular weight excluding hydrogens is 274 g/mol. The first-order chi connectivity index (χ1) is 7.27. The van der Waals surface area contributed by atoms with Gasteiger partial charge in [0.2, 0.25) is 0 Å². The highest BCUT2D eigenvalue weighted by Gasteiger charge is 2.13. The molecule has 0 aromatic carbocycles. The molecule has 2 nitrogen and oxygen atoms in total. The van der Waals surface area contributed by atoms with E-state index in [0.717, 1.165) is 15.7 Å². The molecule has 1 N–H and O–H groups in total. The van der Waals surface area contributed by atoms with Crippen LogP contribution in [0, 0.1) is 0 Å². The fraction of sp³-hybridized carbons (Fsp3) is 0.182. The Balaban J connectivity index is 2.11. The van der Waals surface area contributed by atoms with E-state index in [1.807, 2.05) is 29.0 Å². The Labute approximate surface area is 101 Å². The van der Waals surface area contributed by atoms with Crippen LogP contribution in [0.25, 0.3) is 0 Å². The molecule has 0 spiro atoms. The highest BCUT2D eigenvalue weighted by atomic mass is 79.9. The normalized spacial score (nSPS) is 12.7. The van der Waals surface area contributed by atoms with E-state index in [4.69, 9.17) is 0 Å². The van der Waals surface area contributed by atoms with Crippen LogP contribution in [0.15, 0.2) is 39.6 Å². The van der Waals surface area contributed by atoms with Crippen molar-refractivity contribution < 1.29 is 5.11 Å². The number of aliphatic hydroxyl groups is 1. The SMILES string of the molecule is OC(Cc1ccccn1)c1cscc1Br. The largest absolute Gasteiger partial charge is 0.388 e. The Hall–Kier alpha value is -0.710. The standard InChI is InChI=1S/C11H10BrNOS/c12-10-7-15-6-9(10)11(14)5-8-3-1-2-4-13-8/h1-4,6-7,11,14H,5H2. The van der Waals surface area contributed by atoms with E-state index < -0.39 is 6.10 Å². The van der Waals surface area contributed by atoms with Gasteiger partial charge in [0.15, 0.2) is 0 Å². The summed E-state index contributed by atoms with van der Waals surface area (Å²) < 4.78 is 0.968. The molecule has 0 bridgehead atoms. The highest BCUT2D eigenvalue weighted by molar-refractivity contribution is 9.10. The van der Waals surface area contributed by atoms with Crippen LogP contribution in [0.2, 0.25) is 0 Å². The smallest absolute Gasteiger partial charge is 0.0864 e. The van der Waals surface area contributed by atoms with E-state index in [2.05, 4.69) is 20.9 Å². The van der Waals surface area contributed by atoms with E-state index in [1.165, 1.54) is 0 Å². The predicted molar refractivity (Wildman–Crippen MR) is 64.9 cm³/mol. The van der Waals surface area contributed by atoms with E-state index in [1.54, 1.807) is 17.5 Å². The van der Waals surface area contributed by atoms with Crippen molar-refractivity contribution in [1.29, 1.82) is 0 Å². The number of aromatic nitrogens is 1. The molecule has 0 saturated carbocycles. The van der Waals surface area contributed by atoms with Crippen LogP contribution in [-0.4, -0.2) is 10.1 Å². The minimum atomic E-state index is -0.486. The minimum absolute atomic E-state index is 0.486. The molecule has 0 amide bonds. The van der Waals surface area contributed by atoms with Crippen molar-refractivity contribution in [3.05, 3.63) is 50.9 Å². The van der Waals surface area contributed by atoms with Crippen LogP contribution in [0.3, 0.4) is 0 Å². The molecule has 0 aliphatic carbocycles. The lowest BCUT2D eigenvalue weighted by Gasteiger charge is -2.08. The molecule has 15 heavy (non-hydrogen) atoms. The zero-order valence-electron chi connectivity index (χ0n) is 7.93. The van der Waals surface area contributed by atoms with Crippen molar-refractivity contribution >= 4 is 27.3 Å². The second-order valence-corrected chi connectivity index (χ2v) is 4.81. The number of hydrogen-bond acceptors (Lipinski definition) is 3. The van der Waals surface area contributed by atoms with E-state index >= 15 is 0 Å². The zero-order chi connectivity index (χ0) is 10.7. The second kappa shape index (κ2) is 4.88. The van der Waals surface area contributed by atoms with Gasteiger partial charge in [0, 0.05) is 33.7 Å². The van der Waals surface area contributed by atoms with Crippen LogP contribution in [0.1, 0.15) is 17.4 Å². The van der Waals surface area contributed by atoms with E-state index in [-0.39, 0.29) is 0 Å². The number of aliphatic hydroxyl groups excluding tert-OH is 1. The Bertz CT molecular complexity index is 429. The molecule has 0 aliphatic heterocycles. The third-order valence-corrected chi connectivity index (χ3v) is 3.88. The molecule has 0 aliphatic rings. The fourth-order valence-electron chi connectivity index (χ4n) is 1.36. The molecular formula is C11H10BrNOS. The third-order valence-electron chi connectivity index (χ3n) is 2.13. The molecule has 4 heteroatoms. The van der Waals surface area contributed by atoms with Gasteiger partial charge in [0.05, 0.1) is 6.10 Å². The maximum absolute atomic E-state index is 9.98. The molecule has 0 saturated heterocycles. The lowest BCUT2D eigenvalue weighted by molar-refractivity contribution is 0.177. The molecule has 2 aromatic heterocycles. The van der Waals surface area contributed by atoms with Crippen molar-refractivity contribution in [3.63, 3.8) is 0 Å². The monoisotopic (exact) mass is 283 g/mol. The number of thiophene rings is 1. The zero-order valence-corrected chi connectivity index (χ0v) is 10.3. The van der Waals surface area contributed by atoms with Crippen molar-refractivity contribution in [2.45, 2.75) is 12.5 Å². The molecule has 1 unspecified atom stereocenters. The Morgan fingerprint density at radius 1 is 1.40 bits per heavy atom. The number of halogens is 1. The van der Waals surface area contributed by atoms with Gasteiger partial charge < -0.3 is 5.11 Å². The first-order valence-corrected chi connectivity index (χ1v) is 6.30. The molecule has 0 radical (unpaired) electrons. The first kappa shape index (κ1) is 10.8. The van der Waals surface area contributed by atoms with Gasteiger partial charge in [-0.05, 0) is 33.4 Å². The summed E-state index contributed by atoms with van der Waals surface area (Å²) in [7, 11) is 0. The van der Waals surface area contributed by atoms with Crippen LogP contribution in [-0.2, 0) is 6.42 Å². The summed E-state index contributed by atoms with van der Waals surface area (Å²) in [5, 5.41) is 13.9. The van der Waals surface area contributed by atoms with E-state index in [0.29, 0.717) is 6.42 Å². The van der Waals surface area contributed by atoms with Crippen LogP contribution < -0.4 is 0 Å². The minimum Gasteiger partial charge on any atom is -0.388 e. The van der Waals surface area contributed by atoms with Crippen LogP contribution >= 0.6 is 27.3 Å². The number of hydrogen-bond donors (Lipinski definition) is 1. The topological polar surface area (TPSA) is 33.1 Å². The maximum Gasteiger partial charge on any atom is 0.0864 e. The molecule has 2 heterocycles. The summed E-state index contributed by atoms with van der Waals surface area (Å²) in [6.45, 7) is 0. The Morgan fingerprint density at radius 3 is 2.87 bits per heavy atom. The lowest BCUT2D eigenvalue weighted by Crippen LogP contribution is -2.02. The lowest BCUT2D eigenvalue weighted by atomic mass is 10.1. The van der Waals surface area contributed by atoms with Gasteiger partial charge in [0.1, 0.15) is 0 Å². The summed E-state index contributed by atoms with van der Waals surface area (Å²) in [4.78, 5) is 4.19. The van der Waals surface area contributed by atoms with Gasteiger partial charge >= 0.3 is 0 Å². The first-order valence-electron chi connectivity index (χ1n) is 4.57. The summed E-state index contributed by atoms with van der Waals surface area (Å²) >= 11 is 4.99. The number of rotatable bonds is 3. The Kier molecular flexibility index (Phi) is 3.51. The average Bonchev–Trinajstić information content (AvgIpc) is 2.66. The van der Waals surface area contributed by atoms with Crippen molar-refractivity contribution in [2.24, 2.45) is 0 Å². The average molecular weight is 284 g/mol. The van der Waals surface area contributed by atoms with Crippen molar-refractivity contribution in [3.8, 4) is 0 Å². The van der Waals surface area contributed by atoms with Crippen LogP contribution in [0.5, 0.6) is 0 Å². The highest BCUT2D eigenvalue weighted by Crippen LogP contribution is 2.28. The van der Waals surface area contributed by atoms with Gasteiger partial charge in [-0.2, -0.15) is 11.3 Å². The van der Waals surface area contributed by atoms with Gasteiger partial charge in [-0.25, -0.2) is 0 Å². The number of pyridine rings is 1. The summed E-state index contributed by atoms with van der Waals surface area (Å²) in [5.41, 5.74) is 1.84. The number of nitrogens with zero attached hydrogens (tertiary/aromatic N) is 1. The quantitative estimate of drug-likeness (QED) is 0.939. The Morgan fingerprint density at radius 2 is 2.27 bits per heavy atom. The molecule has 1 atom stereocenters. The fourth-order valence-corrected chi connectivity index (χ4v) is 2.96. The van der Waals surface area contributed by atoms with E-state index in [9.17, 15) is 5.11 Å². The molecule has 78 valence electrons. The summed E-state index contributed by atoms with van der Waals surface area (Å²) in [5.74, 6) is 0. The molecule has 2 aromatic rings. The maximum atomic E-state index is 9.98. The van der Waals surface area contributed by atoms with Crippen molar-refractivity contribution in [1.82, 2.24) is 4.98 Å². The predicted octanol–water partition coefficient (Wildman–Crippen LogP) is 3.18. The summed E-state index contributed by atoms with van der Waals surface area (Å²) in [6.07, 6.45) is 1.81. The van der Waals surface area contributed by atoms with Gasteiger partial charge in [-0.3, -0.25) is 4.98 Å². The van der Waals surface area contributed by atoms with Gasteiger partial charge in [-0.15, -0.1) is 0 Å². The van der Waals surface area contributed by atoms with Crippen LogP contribution in [0.4, 0.5) is 0 Å². The van der Waals surface area contributed by atoms with Gasteiger partial charge in [-0.1, -0.05) is 6.07 Å². The van der Waals surface area contributed by atoms with Gasteiger partial charge in [0.25, 0.3) is 0 Å². The second-order valence-electron chi connectivity index (χ2n) is 3.22. The third kappa shape index (κ3) is 2.65. The van der Waals surface area contributed by atoms with Crippen molar-refractivity contribution in [2.75, 3.05) is 0 Å². The molecule has 2 rings (SSSR count).